The molecule has 0 bridgehead atoms. The van der Waals surface area contributed by atoms with Crippen LogP contribution in [-0.2, 0) is 11.3 Å². The van der Waals surface area contributed by atoms with Crippen LogP contribution >= 0.6 is 27.3 Å². The molecule has 5 nitrogen and oxygen atoms in total. The average molecular weight is 411 g/mol. The monoisotopic (exact) mass is 410 g/mol. The highest BCUT2D eigenvalue weighted by molar-refractivity contribution is 9.10. The van der Waals surface area contributed by atoms with Gasteiger partial charge < -0.3 is 14.0 Å². The summed E-state index contributed by atoms with van der Waals surface area (Å²) in [5.41, 5.74) is 0.446. The van der Waals surface area contributed by atoms with Crippen molar-refractivity contribution in [1.29, 1.82) is 0 Å². The van der Waals surface area contributed by atoms with Crippen LogP contribution in [0.2, 0.25) is 0 Å². The molecule has 0 radical (unpaired) electrons. The van der Waals surface area contributed by atoms with Crippen LogP contribution < -0.4 is 9.54 Å². The minimum atomic E-state index is -0.309. The number of ether oxygens (including phenoxy) is 2. The second kappa shape index (κ2) is 7.63. The average Bonchev–Trinajstić information content (AvgIpc) is 3.18. The highest BCUT2D eigenvalue weighted by Gasteiger charge is 2.18. The van der Waals surface area contributed by atoms with Crippen LogP contribution in [0.25, 0.3) is 0 Å². The fraction of sp³-hybridized carbons (Fsp3) is 0.412. The minimum Gasteiger partial charge on any atom is -0.496 e. The van der Waals surface area contributed by atoms with Crippen LogP contribution in [0.5, 0.6) is 5.75 Å². The zero-order valence-corrected chi connectivity index (χ0v) is 16.0. The van der Waals surface area contributed by atoms with E-state index in [2.05, 4.69) is 20.9 Å². The van der Waals surface area contributed by atoms with Crippen molar-refractivity contribution in [2.75, 3.05) is 13.7 Å². The Morgan fingerprint density at radius 3 is 3.08 bits per heavy atom. The Morgan fingerprint density at radius 2 is 2.38 bits per heavy atom. The van der Waals surface area contributed by atoms with Crippen LogP contribution in [0.3, 0.4) is 0 Å². The molecule has 0 aliphatic carbocycles. The molecule has 1 atom stereocenters. The summed E-state index contributed by atoms with van der Waals surface area (Å²) in [5.74, 6) is 0.210. The fourth-order valence-electron chi connectivity index (χ4n) is 2.72. The van der Waals surface area contributed by atoms with Gasteiger partial charge >= 0.3 is 0 Å². The van der Waals surface area contributed by atoms with Crippen molar-refractivity contribution >= 4 is 33.2 Å². The Kier molecular flexibility index (Phi) is 5.53. The summed E-state index contributed by atoms with van der Waals surface area (Å²) in [6, 6.07) is 5.32. The van der Waals surface area contributed by atoms with Gasteiger partial charge in [-0.25, -0.2) is 0 Å². The quantitative estimate of drug-likeness (QED) is 0.774. The van der Waals surface area contributed by atoms with Gasteiger partial charge in [-0.3, -0.25) is 4.79 Å². The van der Waals surface area contributed by atoms with Crippen molar-refractivity contribution in [1.82, 2.24) is 4.57 Å². The Morgan fingerprint density at radius 1 is 1.54 bits per heavy atom. The number of methoxy groups -OCH3 is 1. The number of benzene rings is 1. The van der Waals surface area contributed by atoms with Crippen LogP contribution in [0, 0.1) is 6.92 Å². The number of thiazole rings is 1. The predicted molar refractivity (Wildman–Crippen MR) is 96.6 cm³/mol. The largest absolute Gasteiger partial charge is 0.496 e. The van der Waals surface area contributed by atoms with Gasteiger partial charge in [0.05, 0.1) is 25.3 Å². The molecule has 7 heteroatoms. The second-order valence-corrected chi connectivity index (χ2v) is 7.80. The molecule has 1 aromatic carbocycles. The number of carbonyl (C=O) groups excluding carboxylic acids is 1. The molecule has 1 aliphatic rings. The maximum Gasteiger partial charge on any atom is 0.283 e. The van der Waals surface area contributed by atoms with Crippen LogP contribution in [0.4, 0.5) is 0 Å². The maximum atomic E-state index is 12.6. The van der Waals surface area contributed by atoms with Gasteiger partial charge in [0, 0.05) is 22.2 Å². The van der Waals surface area contributed by atoms with Crippen molar-refractivity contribution in [3.05, 3.63) is 44.1 Å². The first-order valence-electron chi connectivity index (χ1n) is 7.78. The smallest absolute Gasteiger partial charge is 0.283 e. The molecule has 1 aliphatic heterocycles. The third kappa shape index (κ3) is 3.96. The number of aromatic nitrogens is 1. The van der Waals surface area contributed by atoms with E-state index in [9.17, 15) is 4.79 Å². The minimum absolute atomic E-state index is 0.202. The highest BCUT2D eigenvalue weighted by atomic mass is 79.9. The first-order chi connectivity index (χ1) is 11.6. The van der Waals surface area contributed by atoms with E-state index >= 15 is 0 Å². The van der Waals surface area contributed by atoms with E-state index in [4.69, 9.17) is 9.47 Å². The molecule has 0 spiro atoms. The molecule has 1 aromatic heterocycles. The van der Waals surface area contributed by atoms with Crippen molar-refractivity contribution < 1.29 is 14.3 Å². The molecule has 2 heterocycles. The Balaban J connectivity index is 1.93. The number of amides is 1. The van der Waals surface area contributed by atoms with Gasteiger partial charge in [-0.15, -0.1) is 11.3 Å². The molecule has 0 saturated carbocycles. The topological polar surface area (TPSA) is 52.8 Å². The predicted octanol–water partition coefficient (Wildman–Crippen LogP) is 3.55. The Labute approximate surface area is 153 Å². The number of nitrogens with zero attached hydrogens (tertiary/aromatic N) is 2. The molecule has 128 valence electrons. The summed E-state index contributed by atoms with van der Waals surface area (Å²) in [5, 5.41) is 0. The molecule has 0 unspecified atom stereocenters. The Hall–Kier alpha value is -1.44. The van der Waals surface area contributed by atoms with E-state index < -0.39 is 0 Å². The lowest BCUT2D eigenvalue weighted by Gasteiger charge is -2.10. The lowest BCUT2D eigenvalue weighted by atomic mass is 10.2. The van der Waals surface area contributed by atoms with Gasteiger partial charge in [0.2, 0.25) is 0 Å². The third-order valence-corrected chi connectivity index (χ3v) is 5.28. The molecule has 0 N–H and O–H groups in total. The van der Waals surface area contributed by atoms with E-state index in [-0.39, 0.29) is 12.0 Å². The van der Waals surface area contributed by atoms with E-state index in [1.165, 1.54) is 11.3 Å². The van der Waals surface area contributed by atoms with Crippen LogP contribution in [0.15, 0.2) is 33.9 Å². The summed E-state index contributed by atoms with van der Waals surface area (Å²) >= 11 is 4.89. The number of carbonyl (C=O) groups is 1. The summed E-state index contributed by atoms with van der Waals surface area (Å²) in [6.07, 6.45) is 4.37. The molecule has 1 fully saturated rings. The molecule has 1 amide bonds. The standard InChI is InChI=1S/C17H19BrN2O3S/c1-11-9-20(10-13-4-3-7-23-13)17(24-11)19-16(21)14-8-12(18)5-6-15(14)22-2/h5-6,8-9,13H,3-4,7,10H2,1-2H3/b19-17-/t13-/m1/s1. The highest BCUT2D eigenvalue weighted by Crippen LogP contribution is 2.23. The van der Waals surface area contributed by atoms with Gasteiger partial charge in [-0.05, 0) is 38.0 Å². The van der Waals surface area contributed by atoms with Gasteiger partial charge in [0.25, 0.3) is 5.91 Å². The van der Waals surface area contributed by atoms with Crippen LogP contribution in [0.1, 0.15) is 28.1 Å². The van der Waals surface area contributed by atoms with Crippen molar-refractivity contribution in [3.63, 3.8) is 0 Å². The molecule has 1 saturated heterocycles. The first-order valence-corrected chi connectivity index (χ1v) is 9.39. The number of hydrogen-bond donors (Lipinski definition) is 0. The molecular formula is C17H19BrN2O3S. The first kappa shape index (κ1) is 17.4. The molecular weight excluding hydrogens is 392 g/mol. The Bertz CT molecular complexity index is 806. The summed E-state index contributed by atoms with van der Waals surface area (Å²) in [4.78, 5) is 18.8. The van der Waals surface area contributed by atoms with E-state index in [1.807, 2.05) is 23.8 Å². The summed E-state index contributed by atoms with van der Waals surface area (Å²) in [7, 11) is 1.55. The van der Waals surface area contributed by atoms with Crippen molar-refractivity contribution in [3.8, 4) is 5.75 Å². The van der Waals surface area contributed by atoms with E-state index in [0.717, 1.165) is 35.3 Å². The molecule has 2 aromatic rings. The number of halogens is 1. The number of rotatable bonds is 4. The lowest BCUT2D eigenvalue weighted by molar-refractivity contribution is 0.0949. The number of hydrogen-bond acceptors (Lipinski definition) is 4. The van der Waals surface area contributed by atoms with E-state index in [0.29, 0.717) is 16.1 Å². The normalized spacial score (nSPS) is 18.1. The lowest BCUT2D eigenvalue weighted by Crippen LogP contribution is -2.23. The maximum absolute atomic E-state index is 12.6. The van der Waals surface area contributed by atoms with Crippen molar-refractivity contribution in [2.24, 2.45) is 4.99 Å². The van der Waals surface area contributed by atoms with Gasteiger partial charge in [-0.2, -0.15) is 4.99 Å². The summed E-state index contributed by atoms with van der Waals surface area (Å²) < 4.78 is 13.8. The van der Waals surface area contributed by atoms with Crippen molar-refractivity contribution in [2.45, 2.75) is 32.4 Å². The van der Waals surface area contributed by atoms with Gasteiger partial charge in [0.15, 0.2) is 4.80 Å². The second-order valence-electron chi connectivity index (χ2n) is 5.67. The number of aryl methyl sites for hydroxylation is 1. The SMILES string of the molecule is COc1ccc(Br)cc1C(=O)/N=c1\sc(C)cn1C[C@H]1CCCO1. The van der Waals surface area contributed by atoms with E-state index in [1.54, 1.807) is 19.2 Å². The van der Waals surface area contributed by atoms with Gasteiger partial charge in [-0.1, -0.05) is 15.9 Å². The zero-order valence-electron chi connectivity index (χ0n) is 13.6. The summed E-state index contributed by atoms with van der Waals surface area (Å²) in [6.45, 7) is 3.56. The van der Waals surface area contributed by atoms with Crippen LogP contribution in [-0.4, -0.2) is 30.3 Å². The molecule has 3 rings (SSSR count). The fourth-order valence-corrected chi connectivity index (χ4v) is 3.93. The van der Waals surface area contributed by atoms with Gasteiger partial charge in [0.1, 0.15) is 5.75 Å². The third-order valence-electron chi connectivity index (χ3n) is 3.85. The zero-order chi connectivity index (χ0) is 17.1. The molecule has 24 heavy (non-hydrogen) atoms.